The number of aliphatic hydroxyl groups excluding tert-OH is 3. The van der Waals surface area contributed by atoms with Gasteiger partial charge in [-0.05, 0) is 65.1 Å². The van der Waals surface area contributed by atoms with Gasteiger partial charge in [-0.15, -0.1) is 0 Å². The predicted molar refractivity (Wildman–Crippen MR) is 174 cm³/mol. The van der Waals surface area contributed by atoms with Crippen LogP contribution in [0.15, 0.2) is 0 Å². The van der Waals surface area contributed by atoms with E-state index in [1.54, 1.807) is 0 Å². The van der Waals surface area contributed by atoms with Gasteiger partial charge in [0.25, 0.3) is 0 Å². The number of likely N-dealkylation sites (N-methyl/N-ethyl adjacent to an activating group) is 1. The number of nitrogens with one attached hydrogen (secondary N) is 1. The van der Waals surface area contributed by atoms with Crippen LogP contribution in [0.1, 0.15) is 51.9 Å². The monoisotopic (exact) mass is 656 g/mol. The second-order valence-electron chi connectivity index (χ2n) is 10.7. The molecule has 0 radical (unpaired) electrons. The summed E-state index contributed by atoms with van der Waals surface area (Å²) in [6.45, 7) is 14.2. The standard InChI is InChI=1S/C32H68N2O11/c1-3-31(36)8-4-6-11-34(12-7-5-9-32(37)30-35)13-15-39-17-19-41-21-23-43-25-27-45-29-28-44-26-24-42-22-20-40-18-16-38-14-10-33-2/h31-33,35-37H,3-30H2,1-2H3. The van der Waals surface area contributed by atoms with Crippen molar-refractivity contribution in [2.45, 2.75) is 64.1 Å². The van der Waals surface area contributed by atoms with Crippen LogP contribution in [-0.2, 0) is 37.9 Å². The van der Waals surface area contributed by atoms with Crippen molar-refractivity contribution in [3.8, 4) is 0 Å². The number of rotatable bonds is 39. The van der Waals surface area contributed by atoms with Crippen LogP contribution in [0.4, 0.5) is 0 Å². The van der Waals surface area contributed by atoms with E-state index in [4.69, 9.17) is 43.0 Å². The summed E-state index contributed by atoms with van der Waals surface area (Å²) in [5.41, 5.74) is 0. The Morgan fingerprint density at radius 2 is 0.844 bits per heavy atom. The van der Waals surface area contributed by atoms with E-state index in [0.29, 0.717) is 112 Å². The van der Waals surface area contributed by atoms with Gasteiger partial charge in [-0.2, -0.15) is 0 Å². The summed E-state index contributed by atoms with van der Waals surface area (Å²) >= 11 is 0. The largest absolute Gasteiger partial charge is 0.394 e. The van der Waals surface area contributed by atoms with E-state index in [1.807, 2.05) is 14.0 Å². The number of ether oxygens (including phenoxy) is 8. The van der Waals surface area contributed by atoms with Gasteiger partial charge in [0.05, 0.1) is 125 Å². The molecule has 0 amide bonds. The molecular formula is C32H68N2O11. The first-order valence-electron chi connectivity index (χ1n) is 17.1. The Morgan fingerprint density at radius 3 is 1.20 bits per heavy atom. The summed E-state index contributed by atoms with van der Waals surface area (Å²) in [5.74, 6) is 0. The summed E-state index contributed by atoms with van der Waals surface area (Å²) in [7, 11) is 1.89. The van der Waals surface area contributed by atoms with Crippen molar-refractivity contribution in [1.29, 1.82) is 0 Å². The maximum atomic E-state index is 9.77. The Balaban J connectivity index is 3.48. The fourth-order valence-corrected chi connectivity index (χ4v) is 4.07. The number of aliphatic hydroxyl groups is 3. The van der Waals surface area contributed by atoms with Crippen LogP contribution >= 0.6 is 0 Å². The number of unbranched alkanes of at least 4 members (excludes halogenated alkanes) is 2. The first-order chi connectivity index (χ1) is 22.1. The van der Waals surface area contributed by atoms with Gasteiger partial charge in [0.2, 0.25) is 0 Å². The lowest BCUT2D eigenvalue weighted by atomic mass is 10.1. The second kappa shape index (κ2) is 37.9. The van der Waals surface area contributed by atoms with Crippen LogP contribution in [0.3, 0.4) is 0 Å². The molecule has 0 aliphatic heterocycles. The summed E-state index contributed by atoms with van der Waals surface area (Å²) < 4.78 is 44.1. The minimum absolute atomic E-state index is 0.180. The third-order valence-electron chi connectivity index (χ3n) is 6.86. The number of hydrogen-bond donors (Lipinski definition) is 4. The molecule has 45 heavy (non-hydrogen) atoms. The highest BCUT2D eigenvalue weighted by molar-refractivity contribution is 4.62. The first-order valence-corrected chi connectivity index (χ1v) is 17.1. The quantitative estimate of drug-likeness (QED) is 0.0701. The maximum Gasteiger partial charge on any atom is 0.0770 e. The van der Waals surface area contributed by atoms with Crippen LogP contribution in [0.2, 0.25) is 0 Å². The Kier molecular flexibility index (Phi) is 37.5. The highest BCUT2D eigenvalue weighted by atomic mass is 16.6. The molecule has 0 aromatic rings. The molecule has 13 nitrogen and oxygen atoms in total. The van der Waals surface area contributed by atoms with Gasteiger partial charge in [-0.1, -0.05) is 6.92 Å². The smallest absolute Gasteiger partial charge is 0.0770 e. The van der Waals surface area contributed by atoms with E-state index in [1.165, 1.54) is 0 Å². The molecule has 0 rings (SSSR count). The molecule has 0 aliphatic carbocycles. The predicted octanol–water partition coefficient (Wildman–Crippen LogP) is 1.11. The molecular weight excluding hydrogens is 588 g/mol. The lowest BCUT2D eigenvalue weighted by molar-refractivity contribution is -0.0234. The Bertz CT molecular complexity index is 537. The van der Waals surface area contributed by atoms with Crippen LogP contribution in [-0.4, -0.2) is 178 Å². The van der Waals surface area contributed by atoms with Gasteiger partial charge in [0.1, 0.15) is 0 Å². The fraction of sp³-hybridized carbons (Fsp3) is 1.00. The Morgan fingerprint density at radius 1 is 0.489 bits per heavy atom. The fourth-order valence-electron chi connectivity index (χ4n) is 4.07. The van der Waals surface area contributed by atoms with Crippen molar-refractivity contribution in [2.24, 2.45) is 0 Å². The molecule has 272 valence electrons. The highest BCUT2D eigenvalue weighted by Gasteiger charge is 2.08. The zero-order chi connectivity index (χ0) is 32.9. The molecule has 4 N–H and O–H groups in total. The van der Waals surface area contributed by atoms with Crippen molar-refractivity contribution >= 4 is 0 Å². The van der Waals surface area contributed by atoms with Gasteiger partial charge in [-0.3, -0.25) is 0 Å². The summed E-state index contributed by atoms with van der Waals surface area (Å²) in [4.78, 5) is 2.38. The van der Waals surface area contributed by atoms with Crippen molar-refractivity contribution in [3.05, 3.63) is 0 Å². The average Bonchev–Trinajstić information content (AvgIpc) is 3.05. The van der Waals surface area contributed by atoms with Crippen molar-refractivity contribution in [2.75, 3.05) is 146 Å². The van der Waals surface area contributed by atoms with Crippen molar-refractivity contribution in [3.63, 3.8) is 0 Å². The first kappa shape index (κ1) is 44.5. The van der Waals surface area contributed by atoms with E-state index in [0.717, 1.165) is 64.7 Å². The van der Waals surface area contributed by atoms with Gasteiger partial charge < -0.3 is 63.4 Å². The molecule has 2 unspecified atom stereocenters. The molecule has 0 saturated heterocycles. The lowest BCUT2D eigenvalue weighted by Gasteiger charge is -2.23. The Labute approximate surface area is 273 Å². The van der Waals surface area contributed by atoms with Crippen molar-refractivity contribution in [1.82, 2.24) is 10.2 Å². The molecule has 13 heteroatoms. The summed E-state index contributed by atoms with van der Waals surface area (Å²) in [6, 6.07) is 0. The van der Waals surface area contributed by atoms with Gasteiger partial charge in [0.15, 0.2) is 0 Å². The van der Waals surface area contributed by atoms with Crippen molar-refractivity contribution < 1.29 is 53.2 Å². The molecule has 0 aromatic heterocycles. The lowest BCUT2D eigenvalue weighted by Crippen LogP contribution is -2.30. The second-order valence-corrected chi connectivity index (χ2v) is 10.7. The molecule has 0 spiro atoms. The zero-order valence-corrected chi connectivity index (χ0v) is 28.5. The molecule has 0 heterocycles. The van der Waals surface area contributed by atoms with E-state index < -0.39 is 6.10 Å². The molecule has 0 aromatic carbocycles. The van der Waals surface area contributed by atoms with Gasteiger partial charge in [0, 0.05) is 13.1 Å². The highest BCUT2D eigenvalue weighted by Crippen LogP contribution is 2.07. The van der Waals surface area contributed by atoms with Crippen LogP contribution in [0.5, 0.6) is 0 Å². The van der Waals surface area contributed by atoms with E-state index in [-0.39, 0.29) is 12.7 Å². The van der Waals surface area contributed by atoms with E-state index in [9.17, 15) is 10.2 Å². The zero-order valence-electron chi connectivity index (χ0n) is 28.5. The summed E-state index contributed by atoms with van der Waals surface area (Å²) in [6.07, 6.45) is 5.34. The molecule has 2 atom stereocenters. The van der Waals surface area contributed by atoms with E-state index >= 15 is 0 Å². The minimum Gasteiger partial charge on any atom is -0.394 e. The average molecular weight is 657 g/mol. The topological polar surface area (TPSA) is 150 Å². The van der Waals surface area contributed by atoms with Gasteiger partial charge in [-0.25, -0.2) is 0 Å². The van der Waals surface area contributed by atoms with E-state index in [2.05, 4.69) is 10.2 Å². The van der Waals surface area contributed by atoms with Crippen LogP contribution < -0.4 is 5.32 Å². The van der Waals surface area contributed by atoms with Gasteiger partial charge >= 0.3 is 0 Å². The normalized spacial score (nSPS) is 13.2. The van der Waals surface area contributed by atoms with Crippen LogP contribution in [0, 0.1) is 0 Å². The molecule has 0 saturated carbocycles. The minimum atomic E-state index is -0.625. The number of nitrogens with zero attached hydrogens (tertiary/aromatic N) is 1. The molecule has 0 fully saturated rings. The third kappa shape index (κ3) is 36.2. The molecule has 0 bridgehead atoms. The summed E-state index contributed by atoms with van der Waals surface area (Å²) in [5, 5.41) is 31.3. The third-order valence-corrected chi connectivity index (χ3v) is 6.86. The van der Waals surface area contributed by atoms with Crippen LogP contribution in [0.25, 0.3) is 0 Å². The molecule has 0 aliphatic rings. The maximum absolute atomic E-state index is 9.77. The Hall–Kier alpha value is -0.520. The number of hydrogen-bond acceptors (Lipinski definition) is 13. The SMILES string of the molecule is CCC(O)CCCCN(CCCCC(O)CO)CCOCCOCCOCCOCCOCCOCCOCCOCCNC.